The molecule has 1 atom stereocenters. The summed E-state index contributed by atoms with van der Waals surface area (Å²) >= 11 is 4.56. The number of nitrogens with one attached hydrogen (secondary N) is 1. The third-order valence-electron chi connectivity index (χ3n) is 4.09. The van der Waals surface area contributed by atoms with Gasteiger partial charge in [0.15, 0.2) is 0 Å². The summed E-state index contributed by atoms with van der Waals surface area (Å²) in [7, 11) is 0. The fourth-order valence-corrected chi connectivity index (χ4v) is 3.97. The number of nitrogens with two attached hydrogens (primary N) is 1. The highest BCUT2D eigenvalue weighted by atomic mass is 79.9. The Hall–Kier alpha value is -2.53. The predicted octanol–water partition coefficient (Wildman–Crippen LogP) is 4.61. The Morgan fingerprint density at radius 3 is 2.66 bits per heavy atom. The molecule has 0 fully saturated rings. The van der Waals surface area contributed by atoms with Gasteiger partial charge < -0.3 is 11.2 Å². The Morgan fingerprint density at radius 2 is 2.07 bits per heavy atom. The number of pyridine rings is 1. The number of halogens is 5. The van der Waals surface area contributed by atoms with E-state index >= 15 is 8.78 Å². The lowest BCUT2D eigenvalue weighted by Crippen LogP contribution is -2.34. The van der Waals surface area contributed by atoms with E-state index in [2.05, 4.69) is 36.3 Å². The summed E-state index contributed by atoms with van der Waals surface area (Å²) < 4.78 is 58.7. The van der Waals surface area contributed by atoms with Crippen molar-refractivity contribution in [2.24, 2.45) is 10.9 Å². The number of rotatable bonds is 7. The van der Waals surface area contributed by atoms with Crippen LogP contribution >= 0.6 is 27.3 Å². The molecule has 0 spiro atoms. The van der Waals surface area contributed by atoms with Crippen molar-refractivity contribution in [2.75, 3.05) is 6.54 Å². The van der Waals surface area contributed by atoms with Gasteiger partial charge >= 0.3 is 0 Å². The minimum Gasteiger partial charge on any atom is -0.374 e. The fraction of sp³-hybridized carbons (Fsp3) is 0.167. The first-order valence-electron chi connectivity index (χ1n) is 8.18. The van der Waals surface area contributed by atoms with E-state index in [0.29, 0.717) is 21.2 Å². The molecule has 0 radical (unpaired) electrons. The lowest BCUT2D eigenvalue weighted by molar-refractivity contribution is -0.0377. The minimum absolute atomic E-state index is 0.357. The van der Waals surface area contributed by atoms with Gasteiger partial charge in [-0.3, -0.25) is 4.98 Å². The Morgan fingerprint density at radius 1 is 1.28 bits per heavy atom. The SMILES string of the molecule is N/N=C\NCC(c1ccc(F)cc1F)C(F)(F)c1ccc(-c2nc(Br)cs2)cn1. The zero-order valence-corrected chi connectivity index (χ0v) is 17.0. The van der Waals surface area contributed by atoms with Gasteiger partial charge in [0, 0.05) is 29.8 Å². The van der Waals surface area contributed by atoms with Crippen molar-refractivity contribution in [3.63, 3.8) is 0 Å². The maximum atomic E-state index is 15.3. The first-order valence-corrected chi connectivity index (χ1v) is 9.86. The fourth-order valence-electron chi connectivity index (χ4n) is 2.72. The van der Waals surface area contributed by atoms with E-state index in [4.69, 9.17) is 5.84 Å². The molecule has 0 saturated heterocycles. The molecule has 3 rings (SSSR count). The van der Waals surface area contributed by atoms with Gasteiger partial charge in [-0.25, -0.2) is 13.8 Å². The molecule has 2 aromatic heterocycles. The van der Waals surface area contributed by atoms with E-state index in [0.717, 1.165) is 24.5 Å². The zero-order valence-electron chi connectivity index (χ0n) is 14.6. The highest BCUT2D eigenvalue weighted by Gasteiger charge is 2.44. The molecule has 3 aromatic rings. The standard InChI is InChI=1S/C18H14BrF4N5S/c19-16-8-29-17(28-16)10-1-4-15(26-6-10)18(22,23)13(7-25-9-27-24)12-3-2-11(20)5-14(12)21/h1-6,8-9,13H,7,24H2,(H,25,27). The molecule has 5 nitrogen and oxygen atoms in total. The smallest absolute Gasteiger partial charge is 0.298 e. The van der Waals surface area contributed by atoms with Gasteiger partial charge in [-0.15, -0.1) is 11.3 Å². The van der Waals surface area contributed by atoms with Crippen LogP contribution in [-0.2, 0) is 5.92 Å². The number of alkyl halides is 2. The third-order valence-corrected chi connectivity index (χ3v) is 5.69. The third kappa shape index (κ3) is 4.73. The van der Waals surface area contributed by atoms with Gasteiger partial charge in [-0.05, 0) is 39.7 Å². The number of hydrazone groups is 1. The number of hydrogen-bond donors (Lipinski definition) is 2. The Kier molecular flexibility index (Phi) is 6.48. The van der Waals surface area contributed by atoms with E-state index < -0.39 is 35.7 Å². The van der Waals surface area contributed by atoms with E-state index in [-0.39, 0.29) is 5.56 Å². The van der Waals surface area contributed by atoms with Crippen LogP contribution in [-0.4, -0.2) is 22.9 Å². The second-order valence-corrected chi connectivity index (χ2v) is 7.61. The van der Waals surface area contributed by atoms with Gasteiger partial charge in [-0.1, -0.05) is 6.07 Å². The summed E-state index contributed by atoms with van der Waals surface area (Å²) in [5.74, 6) is -2.23. The molecule has 0 bridgehead atoms. The molecule has 0 amide bonds. The van der Waals surface area contributed by atoms with Crippen molar-refractivity contribution < 1.29 is 17.6 Å². The van der Waals surface area contributed by atoms with Crippen LogP contribution in [0.2, 0.25) is 0 Å². The van der Waals surface area contributed by atoms with Gasteiger partial charge in [-0.2, -0.15) is 13.9 Å². The van der Waals surface area contributed by atoms with Crippen molar-refractivity contribution in [3.05, 3.63) is 69.4 Å². The largest absolute Gasteiger partial charge is 0.374 e. The van der Waals surface area contributed by atoms with E-state index in [9.17, 15) is 8.78 Å². The average molecular weight is 488 g/mol. The highest BCUT2D eigenvalue weighted by molar-refractivity contribution is 9.10. The zero-order chi connectivity index (χ0) is 21.0. The quantitative estimate of drug-likeness (QED) is 0.168. The van der Waals surface area contributed by atoms with Crippen molar-refractivity contribution in [1.29, 1.82) is 0 Å². The number of benzene rings is 1. The van der Waals surface area contributed by atoms with Gasteiger partial charge in [0.1, 0.15) is 33.3 Å². The number of hydrogen-bond acceptors (Lipinski definition) is 5. The van der Waals surface area contributed by atoms with Crippen LogP contribution in [0.25, 0.3) is 10.6 Å². The summed E-state index contributed by atoms with van der Waals surface area (Å²) in [5, 5.41) is 8.04. The predicted molar refractivity (Wildman–Crippen MR) is 107 cm³/mol. The van der Waals surface area contributed by atoms with Crippen LogP contribution in [0.5, 0.6) is 0 Å². The Bertz CT molecular complexity index is 1010. The molecular formula is C18H14BrF4N5S. The van der Waals surface area contributed by atoms with Crippen LogP contribution < -0.4 is 11.2 Å². The van der Waals surface area contributed by atoms with Crippen LogP contribution in [0.1, 0.15) is 17.2 Å². The van der Waals surface area contributed by atoms with Crippen LogP contribution in [0, 0.1) is 11.6 Å². The van der Waals surface area contributed by atoms with Crippen molar-refractivity contribution in [2.45, 2.75) is 11.8 Å². The summed E-state index contributed by atoms with van der Waals surface area (Å²) in [6.45, 7) is -0.404. The maximum Gasteiger partial charge on any atom is 0.298 e. The van der Waals surface area contributed by atoms with E-state index in [1.54, 1.807) is 5.38 Å². The minimum atomic E-state index is -3.57. The van der Waals surface area contributed by atoms with Crippen molar-refractivity contribution in [1.82, 2.24) is 15.3 Å². The van der Waals surface area contributed by atoms with Crippen LogP contribution in [0.4, 0.5) is 17.6 Å². The molecule has 11 heteroatoms. The molecule has 2 heterocycles. The Labute approximate surface area is 175 Å². The highest BCUT2D eigenvalue weighted by Crippen LogP contribution is 2.42. The molecule has 0 aliphatic carbocycles. The molecule has 152 valence electrons. The molecule has 0 saturated carbocycles. The summed E-state index contributed by atoms with van der Waals surface area (Å²) in [6.07, 6.45) is 2.29. The lowest BCUT2D eigenvalue weighted by atomic mass is 9.89. The lowest BCUT2D eigenvalue weighted by Gasteiger charge is -2.27. The van der Waals surface area contributed by atoms with Crippen LogP contribution in [0.3, 0.4) is 0 Å². The van der Waals surface area contributed by atoms with Crippen molar-refractivity contribution >= 4 is 33.6 Å². The van der Waals surface area contributed by atoms with Gasteiger partial charge in [0.25, 0.3) is 5.92 Å². The summed E-state index contributed by atoms with van der Waals surface area (Å²) in [6, 6.07) is 5.11. The molecule has 3 N–H and O–H groups in total. The number of thiazole rings is 1. The topological polar surface area (TPSA) is 76.2 Å². The van der Waals surface area contributed by atoms with E-state index in [1.165, 1.54) is 23.6 Å². The molecule has 1 unspecified atom stereocenters. The molecular weight excluding hydrogens is 474 g/mol. The average Bonchev–Trinajstić information content (AvgIpc) is 3.12. The monoisotopic (exact) mass is 487 g/mol. The van der Waals surface area contributed by atoms with Crippen molar-refractivity contribution in [3.8, 4) is 10.6 Å². The van der Waals surface area contributed by atoms with Gasteiger partial charge in [0.05, 0.1) is 5.92 Å². The molecule has 0 aliphatic rings. The molecule has 1 aromatic carbocycles. The molecule has 29 heavy (non-hydrogen) atoms. The van der Waals surface area contributed by atoms with Crippen LogP contribution in [0.15, 0.2) is 51.6 Å². The van der Waals surface area contributed by atoms with Gasteiger partial charge in [0.2, 0.25) is 0 Å². The first kappa shape index (κ1) is 21.2. The number of aromatic nitrogens is 2. The normalized spacial score (nSPS) is 13.0. The first-order chi connectivity index (χ1) is 13.8. The second-order valence-electron chi connectivity index (χ2n) is 5.94. The second kappa shape index (κ2) is 8.87. The maximum absolute atomic E-state index is 15.3. The molecule has 0 aliphatic heterocycles. The summed E-state index contributed by atoms with van der Waals surface area (Å²) in [5.41, 5.74) is -0.348. The Balaban J connectivity index is 1.96. The number of nitrogens with zero attached hydrogens (tertiary/aromatic N) is 3. The summed E-state index contributed by atoms with van der Waals surface area (Å²) in [4.78, 5) is 8.09. The van der Waals surface area contributed by atoms with E-state index in [1.807, 2.05) is 0 Å².